The lowest BCUT2D eigenvalue weighted by Crippen LogP contribution is -2.27. The van der Waals surface area contributed by atoms with Crippen molar-refractivity contribution in [3.63, 3.8) is 0 Å². The quantitative estimate of drug-likeness (QED) is 0.715. The number of carbonyl (C=O) groups is 1. The first-order valence-electron chi connectivity index (χ1n) is 8.43. The van der Waals surface area contributed by atoms with Gasteiger partial charge in [-0.05, 0) is 56.1 Å². The minimum atomic E-state index is -0.276. The summed E-state index contributed by atoms with van der Waals surface area (Å²) in [7, 11) is 1.88. The molecule has 0 fully saturated rings. The Labute approximate surface area is 149 Å². The van der Waals surface area contributed by atoms with Gasteiger partial charge in [-0.25, -0.2) is 0 Å². The van der Waals surface area contributed by atoms with Crippen molar-refractivity contribution >= 4 is 22.4 Å². The summed E-state index contributed by atoms with van der Waals surface area (Å²) in [5.74, 6) is -0.319. The number of aromatic nitrogens is 1. The van der Waals surface area contributed by atoms with Crippen molar-refractivity contribution in [1.29, 1.82) is 0 Å². The highest BCUT2D eigenvalue weighted by molar-refractivity contribution is 5.97. The molecule has 0 unspecified atom stereocenters. The Morgan fingerprint density at radius 3 is 2.88 bits per heavy atom. The minimum absolute atomic E-state index is 0.0428. The molecule has 130 valence electrons. The third-order valence-electron chi connectivity index (χ3n) is 3.97. The summed E-state index contributed by atoms with van der Waals surface area (Å²) in [6.45, 7) is 6.77. The number of carbonyl (C=O) groups excluding carboxylic acids is 1. The van der Waals surface area contributed by atoms with Crippen LogP contribution in [-0.4, -0.2) is 24.5 Å². The van der Waals surface area contributed by atoms with E-state index >= 15 is 0 Å². The normalized spacial score (nSPS) is 12.7. The molecule has 2 aromatic rings. The predicted molar refractivity (Wildman–Crippen MR) is 106 cm³/mol. The number of hydrogen-bond acceptors (Lipinski definition) is 3. The zero-order valence-corrected chi connectivity index (χ0v) is 14.8. The van der Waals surface area contributed by atoms with Gasteiger partial charge in [0.25, 0.3) is 0 Å². The number of anilines is 1. The van der Waals surface area contributed by atoms with Crippen molar-refractivity contribution < 1.29 is 4.79 Å². The molecule has 0 aliphatic carbocycles. The summed E-state index contributed by atoms with van der Waals surface area (Å²) in [5, 5.41) is 8.21. The number of rotatable bonds is 8. The highest BCUT2D eigenvalue weighted by atomic mass is 16.1. The fraction of sp³-hybridized carbons (Fsp3) is 0.238. The van der Waals surface area contributed by atoms with Gasteiger partial charge in [-0.2, -0.15) is 0 Å². The van der Waals surface area contributed by atoms with Gasteiger partial charge in [0, 0.05) is 23.5 Å². The average Bonchev–Trinajstić information content (AvgIpc) is 2.62. The zero-order chi connectivity index (χ0) is 18.1. The van der Waals surface area contributed by atoms with E-state index in [0.717, 1.165) is 28.6 Å². The van der Waals surface area contributed by atoms with Gasteiger partial charge in [-0.15, -0.1) is 0 Å². The fourth-order valence-corrected chi connectivity index (χ4v) is 2.57. The van der Waals surface area contributed by atoms with Crippen molar-refractivity contribution in [1.82, 2.24) is 10.3 Å². The van der Waals surface area contributed by atoms with Gasteiger partial charge < -0.3 is 10.6 Å². The van der Waals surface area contributed by atoms with E-state index in [1.54, 1.807) is 6.20 Å². The molecule has 4 nitrogen and oxygen atoms in total. The second kappa shape index (κ2) is 9.55. The van der Waals surface area contributed by atoms with Gasteiger partial charge in [0.1, 0.15) is 0 Å². The molecule has 2 N–H and O–H groups in total. The number of amides is 1. The Bertz CT molecular complexity index is 793. The van der Waals surface area contributed by atoms with E-state index in [2.05, 4.69) is 22.2 Å². The first kappa shape index (κ1) is 18.6. The van der Waals surface area contributed by atoms with Gasteiger partial charge in [-0.3, -0.25) is 9.78 Å². The molecule has 25 heavy (non-hydrogen) atoms. The standard InChI is InChI=1S/C21H25N3O/c1-4-5-6-7-16(2)20(11-12-22-3)21(25)24-19-9-8-18-15-23-13-10-17(18)14-19/h4-10,13-15,20,22H,2,11-12H2,1,3H3,(H,24,25)/b5-4-,7-6-/t20-/m0/s1. The molecule has 1 heterocycles. The maximum absolute atomic E-state index is 12.8. The SMILES string of the molecule is C=C(/C=C\C=C/C)[C@H](CCNC)C(=O)Nc1ccc2cnccc2c1. The van der Waals surface area contributed by atoms with E-state index in [1.807, 2.05) is 68.7 Å². The Hall–Kier alpha value is -2.72. The molecule has 0 saturated carbocycles. The molecule has 4 heteroatoms. The highest BCUT2D eigenvalue weighted by Gasteiger charge is 2.20. The van der Waals surface area contributed by atoms with Crippen molar-refractivity contribution in [2.45, 2.75) is 13.3 Å². The van der Waals surface area contributed by atoms with E-state index in [9.17, 15) is 4.79 Å². The van der Waals surface area contributed by atoms with Crippen LogP contribution in [0.2, 0.25) is 0 Å². The molecule has 1 atom stereocenters. The number of nitrogens with zero attached hydrogens (tertiary/aromatic N) is 1. The van der Waals surface area contributed by atoms with Crippen LogP contribution in [0.4, 0.5) is 5.69 Å². The smallest absolute Gasteiger partial charge is 0.231 e. The molecule has 1 aromatic carbocycles. The molecule has 1 aromatic heterocycles. The minimum Gasteiger partial charge on any atom is -0.326 e. The molecule has 2 rings (SSSR count). The van der Waals surface area contributed by atoms with E-state index in [-0.39, 0.29) is 11.8 Å². The molecule has 0 saturated heterocycles. The van der Waals surface area contributed by atoms with Gasteiger partial charge in [0.15, 0.2) is 0 Å². The van der Waals surface area contributed by atoms with Crippen LogP contribution >= 0.6 is 0 Å². The molecule has 0 aliphatic rings. The topological polar surface area (TPSA) is 54.0 Å². The number of nitrogens with one attached hydrogen (secondary N) is 2. The maximum atomic E-state index is 12.8. The van der Waals surface area contributed by atoms with Crippen LogP contribution in [0.25, 0.3) is 10.8 Å². The summed E-state index contributed by atoms with van der Waals surface area (Å²) in [4.78, 5) is 16.9. The lowest BCUT2D eigenvalue weighted by Gasteiger charge is -2.17. The molecule has 0 spiro atoms. The predicted octanol–water partition coefficient (Wildman–Crippen LogP) is 4.09. The number of pyridine rings is 1. The molecular weight excluding hydrogens is 310 g/mol. The van der Waals surface area contributed by atoms with E-state index in [4.69, 9.17) is 0 Å². The summed E-state index contributed by atoms with van der Waals surface area (Å²) in [6, 6.07) is 7.75. The second-order valence-corrected chi connectivity index (χ2v) is 5.83. The van der Waals surface area contributed by atoms with Crippen LogP contribution in [0.15, 0.2) is 73.1 Å². The number of allylic oxidation sites excluding steroid dienone is 4. The maximum Gasteiger partial charge on any atom is 0.231 e. The largest absolute Gasteiger partial charge is 0.326 e. The molecule has 1 amide bonds. The number of benzene rings is 1. The van der Waals surface area contributed by atoms with E-state index in [0.29, 0.717) is 6.42 Å². The molecule has 0 bridgehead atoms. The monoisotopic (exact) mass is 335 g/mol. The van der Waals surface area contributed by atoms with Crippen molar-refractivity contribution in [2.75, 3.05) is 18.9 Å². The number of fused-ring (bicyclic) bond motifs is 1. The lowest BCUT2D eigenvalue weighted by atomic mass is 9.95. The first-order valence-corrected chi connectivity index (χ1v) is 8.43. The highest BCUT2D eigenvalue weighted by Crippen LogP contribution is 2.21. The summed E-state index contributed by atoms with van der Waals surface area (Å²) in [5.41, 5.74) is 1.58. The van der Waals surface area contributed by atoms with Gasteiger partial charge in [0.2, 0.25) is 5.91 Å². The van der Waals surface area contributed by atoms with Crippen LogP contribution in [-0.2, 0) is 4.79 Å². The Kier molecular flexibility index (Phi) is 7.11. The van der Waals surface area contributed by atoms with Gasteiger partial charge >= 0.3 is 0 Å². The van der Waals surface area contributed by atoms with Gasteiger partial charge in [-0.1, -0.05) is 36.9 Å². The van der Waals surface area contributed by atoms with Crippen molar-refractivity contribution in [3.05, 3.63) is 73.1 Å². The Morgan fingerprint density at radius 1 is 1.28 bits per heavy atom. The van der Waals surface area contributed by atoms with E-state index in [1.165, 1.54) is 0 Å². The Morgan fingerprint density at radius 2 is 2.12 bits per heavy atom. The van der Waals surface area contributed by atoms with Crippen LogP contribution < -0.4 is 10.6 Å². The molecule has 0 radical (unpaired) electrons. The molecule has 0 aliphatic heterocycles. The Balaban J connectivity index is 2.15. The second-order valence-electron chi connectivity index (χ2n) is 5.83. The van der Waals surface area contributed by atoms with Crippen LogP contribution in [0.1, 0.15) is 13.3 Å². The average molecular weight is 335 g/mol. The van der Waals surface area contributed by atoms with Crippen molar-refractivity contribution in [2.24, 2.45) is 5.92 Å². The van der Waals surface area contributed by atoms with Crippen molar-refractivity contribution in [3.8, 4) is 0 Å². The fourth-order valence-electron chi connectivity index (χ4n) is 2.57. The third kappa shape index (κ3) is 5.40. The third-order valence-corrected chi connectivity index (χ3v) is 3.97. The number of hydrogen-bond donors (Lipinski definition) is 2. The first-order chi connectivity index (χ1) is 12.2. The summed E-state index contributed by atoms with van der Waals surface area (Å²) < 4.78 is 0. The lowest BCUT2D eigenvalue weighted by molar-refractivity contribution is -0.118. The van der Waals surface area contributed by atoms with E-state index < -0.39 is 0 Å². The summed E-state index contributed by atoms with van der Waals surface area (Å²) in [6.07, 6.45) is 11.9. The molecular formula is C21H25N3O. The summed E-state index contributed by atoms with van der Waals surface area (Å²) >= 11 is 0. The van der Waals surface area contributed by atoms with Crippen LogP contribution in [0.5, 0.6) is 0 Å². The van der Waals surface area contributed by atoms with Crippen LogP contribution in [0, 0.1) is 5.92 Å². The van der Waals surface area contributed by atoms with Gasteiger partial charge in [0.05, 0.1) is 5.92 Å². The zero-order valence-electron chi connectivity index (χ0n) is 14.8. The van der Waals surface area contributed by atoms with Crippen LogP contribution in [0.3, 0.4) is 0 Å².